The lowest BCUT2D eigenvalue weighted by Gasteiger charge is -2.13. The summed E-state index contributed by atoms with van der Waals surface area (Å²) in [5.41, 5.74) is 2.91. The van der Waals surface area contributed by atoms with Gasteiger partial charge in [-0.05, 0) is 36.8 Å². The van der Waals surface area contributed by atoms with E-state index in [9.17, 15) is 9.59 Å². The van der Waals surface area contributed by atoms with Gasteiger partial charge in [-0.25, -0.2) is 4.79 Å². The van der Waals surface area contributed by atoms with E-state index in [2.05, 4.69) is 10.6 Å². The fourth-order valence-electron chi connectivity index (χ4n) is 2.55. The minimum Gasteiger partial charge on any atom is -0.307 e. The van der Waals surface area contributed by atoms with Gasteiger partial charge < -0.3 is 10.6 Å². The minimum atomic E-state index is -0.427. The second-order valence-electron chi connectivity index (χ2n) is 5.78. The average molecular weight is 365 g/mol. The van der Waals surface area contributed by atoms with Crippen molar-refractivity contribution in [3.8, 4) is 0 Å². The summed E-state index contributed by atoms with van der Waals surface area (Å²) in [7, 11) is 0. The van der Waals surface area contributed by atoms with Gasteiger partial charge in [-0.1, -0.05) is 60.1 Å². The molecule has 0 bridgehead atoms. The number of carbonyl (C=O) groups is 2. The SMILES string of the molecule is Cc1ccccc1NC(=O)Nc1ccc(Cl)cc1C(=O)c1ccccc1. The summed E-state index contributed by atoms with van der Waals surface area (Å²) in [6.07, 6.45) is 0. The molecule has 0 aliphatic carbocycles. The Morgan fingerprint density at radius 1 is 0.808 bits per heavy atom. The van der Waals surface area contributed by atoms with Gasteiger partial charge in [0.2, 0.25) is 0 Å². The molecule has 0 aliphatic rings. The normalized spacial score (nSPS) is 10.2. The number of para-hydroxylation sites is 1. The number of rotatable bonds is 4. The van der Waals surface area contributed by atoms with Gasteiger partial charge in [-0.15, -0.1) is 0 Å². The fraction of sp³-hybridized carbons (Fsp3) is 0.0476. The first kappa shape index (κ1) is 17.7. The number of anilines is 2. The number of hydrogen-bond acceptors (Lipinski definition) is 2. The van der Waals surface area contributed by atoms with Crippen LogP contribution in [0.3, 0.4) is 0 Å². The summed E-state index contributed by atoms with van der Waals surface area (Å²) in [5, 5.41) is 5.94. The monoisotopic (exact) mass is 364 g/mol. The smallest absolute Gasteiger partial charge is 0.307 e. The van der Waals surface area contributed by atoms with Crippen LogP contribution in [0.2, 0.25) is 5.02 Å². The van der Waals surface area contributed by atoms with Gasteiger partial charge in [-0.3, -0.25) is 4.79 Å². The number of ketones is 1. The van der Waals surface area contributed by atoms with E-state index in [-0.39, 0.29) is 5.78 Å². The van der Waals surface area contributed by atoms with Crippen LogP contribution in [-0.4, -0.2) is 11.8 Å². The first-order valence-corrected chi connectivity index (χ1v) is 8.45. The highest BCUT2D eigenvalue weighted by Crippen LogP contribution is 2.24. The number of urea groups is 1. The number of hydrogen-bond donors (Lipinski definition) is 2. The van der Waals surface area contributed by atoms with Crippen molar-refractivity contribution >= 4 is 34.8 Å². The van der Waals surface area contributed by atoms with Crippen molar-refractivity contribution in [1.29, 1.82) is 0 Å². The molecule has 0 saturated heterocycles. The Bertz CT molecular complexity index is 955. The zero-order chi connectivity index (χ0) is 18.5. The molecule has 5 heteroatoms. The van der Waals surface area contributed by atoms with Crippen molar-refractivity contribution < 1.29 is 9.59 Å². The van der Waals surface area contributed by atoms with Crippen molar-refractivity contribution in [2.75, 3.05) is 10.6 Å². The predicted molar refractivity (Wildman–Crippen MR) is 105 cm³/mol. The molecule has 0 unspecified atom stereocenters. The van der Waals surface area contributed by atoms with Crippen molar-refractivity contribution in [2.24, 2.45) is 0 Å². The van der Waals surface area contributed by atoms with E-state index >= 15 is 0 Å². The quantitative estimate of drug-likeness (QED) is 0.598. The maximum absolute atomic E-state index is 12.8. The molecule has 4 nitrogen and oxygen atoms in total. The van der Waals surface area contributed by atoms with E-state index in [1.54, 1.807) is 42.5 Å². The van der Waals surface area contributed by atoms with Gasteiger partial charge >= 0.3 is 6.03 Å². The van der Waals surface area contributed by atoms with Crippen LogP contribution in [0.5, 0.6) is 0 Å². The zero-order valence-corrected chi connectivity index (χ0v) is 14.9. The van der Waals surface area contributed by atoms with E-state index in [1.807, 2.05) is 37.3 Å². The van der Waals surface area contributed by atoms with Crippen LogP contribution < -0.4 is 10.6 Å². The summed E-state index contributed by atoms with van der Waals surface area (Å²) in [4.78, 5) is 25.1. The van der Waals surface area contributed by atoms with E-state index in [1.165, 1.54) is 0 Å². The number of benzene rings is 3. The largest absolute Gasteiger partial charge is 0.323 e. The molecular weight excluding hydrogens is 348 g/mol. The third kappa shape index (κ3) is 4.10. The lowest BCUT2D eigenvalue weighted by Crippen LogP contribution is -2.21. The molecule has 0 heterocycles. The van der Waals surface area contributed by atoms with Gasteiger partial charge in [0.05, 0.1) is 5.69 Å². The molecule has 0 saturated carbocycles. The number of aryl methyl sites for hydroxylation is 1. The molecule has 0 aliphatic heterocycles. The number of amides is 2. The highest BCUT2D eigenvalue weighted by atomic mass is 35.5. The Hall–Kier alpha value is -3.11. The van der Waals surface area contributed by atoms with E-state index < -0.39 is 6.03 Å². The first-order valence-electron chi connectivity index (χ1n) is 8.07. The third-order valence-electron chi connectivity index (χ3n) is 3.90. The Morgan fingerprint density at radius 3 is 2.19 bits per heavy atom. The van der Waals surface area contributed by atoms with Gasteiger partial charge in [-0.2, -0.15) is 0 Å². The van der Waals surface area contributed by atoms with Crippen LogP contribution in [0, 0.1) is 6.92 Å². The summed E-state index contributed by atoms with van der Waals surface area (Å²) >= 11 is 6.05. The molecule has 26 heavy (non-hydrogen) atoms. The Morgan fingerprint density at radius 2 is 1.46 bits per heavy atom. The summed E-state index contributed by atoms with van der Waals surface area (Å²) < 4.78 is 0. The van der Waals surface area contributed by atoms with Crippen LogP contribution in [0.25, 0.3) is 0 Å². The van der Waals surface area contributed by atoms with Crippen molar-refractivity contribution in [3.63, 3.8) is 0 Å². The van der Waals surface area contributed by atoms with Crippen LogP contribution >= 0.6 is 11.6 Å². The summed E-state index contributed by atoms with van der Waals surface area (Å²) in [6.45, 7) is 1.91. The number of halogens is 1. The van der Waals surface area contributed by atoms with Crippen LogP contribution in [0.4, 0.5) is 16.2 Å². The van der Waals surface area contributed by atoms with Gasteiger partial charge in [0, 0.05) is 21.8 Å². The maximum Gasteiger partial charge on any atom is 0.323 e. The molecule has 130 valence electrons. The van der Waals surface area contributed by atoms with Crippen molar-refractivity contribution in [3.05, 3.63) is 94.5 Å². The lowest BCUT2D eigenvalue weighted by atomic mass is 10.0. The molecule has 2 amide bonds. The lowest BCUT2D eigenvalue weighted by molar-refractivity contribution is 0.103. The predicted octanol–water partition coefficient (Wildman–Crippen LogP) is 5.52. The second-order valence-corrected chi connectivity index (χ2v) is 6.22. The van der Waals surface area contributed by atoms with Crippen LogP contribution in [0.15, 0.2) is 72.8 Å². The summed E-state index contributed by atoms with van der Waals surface area (Å²) in [5.74, 6) is -0.209. The Labute approximate surface area is 156 Å². The molecular formula is C21H17ClN2O2. The molecule has 0 atom stereocenters. The fourth-order valence-corrected chi connectivity index (χ4v) is 2.72. The number of nitrogens with one attached hydrogen (secondary N) is 2. The molecule has 2 N–H and O–H groups in total. The maximum atomic E-state index is 12.8. The topological polar surface area (TPSA) is 58.2 Å². The molecule has 0 fully saturated rings. The number of carbonyl (C=O) groups excluding carboxylic acids is 2. The van der Waals surface area contributed by atoms with E-state index in [0.29, 0.717) is 27.5 Å². The van der Waals surface area contributed by atoms with Crippen molar-refractivity contribution in [2.45, 2.75) is 6.92 Å². The average Bonchev–Trinajstić information content (AvgIpc) is 2.65. The molecule has 3 rings (SSSR count). The highest BCUT2D eigenvalue weighted by Gasteiger charge is 2.16. The van der Waals surface area contributed by atoms with Gasteiger partial charge in [0.1, 0.15) is 0 Å². The Balaban J connectivity index is 1.85. The highest BCUT2D eigenvalue weighted by molar-refractivity contribution is 6.31. The van der Waals surface area contributed by atoms with Gasteiger partial charge in [0.25, 0.3) is 0 Å². The minimum absolute atomic E-state index is 0.209. The zero-order valence-electron chi connectivity index (χ0n) is 14.1. The molecule has 0 aromatic heterocycles. The van der Waals surface area contributed by atoms with Crippen LogP contribution in [-0.2, 0) is 0 Å². The molecule has 0 radical (unpaired) electrons. The molecule has 3 aromatic carbocycles. The van der Waals surface area contributed by atoms with Crippen LogP contribution in [0.1, 0.15) is 21.5 Å². The second kappa shape index (κ2) is 7.85. The van der Waals surface area contributed by atoms with Gasteiger partial charge in [0.15, 0.2) is 5.78 Å². The third-order valence-corrected chi connectivity index (χ3v) is 4.14. The van der Waals surface area contributed by atoms with Crippen molar-refractivity contribution in [1.82, 2.24) is 0 Å². The molecule has 0 spiro atoms. The van der Waals surface area contributed by atoms with E-state index in [0.717, 1.165) is 5.56 Å². The standard InChI is InChI=1S/C21H17ClN2O2/c1-14-7-5-6-10-18(14)23-21(26)24-19-12-11-16(22)13-17(19)20(25)15-8-3-2-4-9-15/h2-13H,1H3,(H2,23,24,26). The molecule has 3 aromatic rings. The Kier molecular flexibility index (Phi) is 5.34. The van der Waals surface area contributed by atoms with E-state index in [4.69, 9.17) is 11.6 Å². The summed E-state index contributed by atoms with van der Waals surface area (Å²) in [6, 6.07) is 20.7. The first-order chi connectivity index (χ1) is 12.5.